The Morgan fingerprint density at radius 1 is 1.22 bits per heavy atom. The van der Waals surface area contributed by atoms with Gasteiger partial charge < -0.3 is 5.32 Å². The number of rotatable bonds is 5. The van der Waals surface area contributed by atoms with Gasteiger partial charge in [0.2, 0.25) is 0 Å². The van der Waals surface area contributed by atoms with Gasteiger partial charge in [0.1, 0.15) is 0 Å². The molecule has 1 aliphatic heterocycles. The van der Waals surface area contributed by atoms with Crippen molar-refractivity contribution < 1.29 is 4.79 Å². The van der Waals surface area contributed by atoms with Crippen molar-refractivity contribution in [2.24, 2.45) is 0 Å². The second-order valence-electron chi connectivity index (χ2n) is 5.56. The maximum Gasteiger partial charge on any atom is 0.261 e. The van der Waals surface area contributed by atoms with Gasteiger partial charge in [-0.25, -0.2) is 10.0 Å². The summed E-state index contributed by atoms with van der Waals surface area (Å²) in [5.74, 6) is 0.0104. The van der Waals surface area contributed by atoms with Crippen LogP contribution in [0.15, 0.2) is 36.5 Å². The lowest BCUT2D eigenvalue weighted by Gasteiger charge is -2.24. The molecular weight excluding hydrogens is 308 g/mol. The normalized spacial score (nSPS) is 16.8. The van der Waals surface area contributed by atoms with E-state index in [4.69, 9.17) is 0 Å². The lowest BCUT2D eigenvalue weighted by Crippen LogP contribution is -2.38. The molecule has 122 valence electrons. The summed E-state index contributed by atoms with van der Waals surface area (Å²) < 4.78 is 0. The molecule has 0 aromatic carbocycles. The maximum absolute atomic E-state index is 12.5. The number of hydrazine groups is 1. The molecule has 0 aliphatic carbocycles. The third-order valence-corrected chi connectivity index (χ3v) is 5.18. The Labute approximate surface area is 140 Å². The highest BCUT2D eigenvalue weighted by Gasteiger charge is 2.29. The van der Waals surface area contributed by atoms with Crippen LogP contribution in [0.5, 0.6) is 0 Å². The lowest BCUT2D eigenvalue weighted by atomic mass is 10.3. The van der Waals surface area contributed by atoms with E-state index >= 15 is 0 Å². The number of hydrogen-bond acceptors (Lipinski definition) is 5. The Balaban J connectivity index is 1.64. The molecule has 23 heavy (non-hydrogen) atoms. The fourth-order valence-corrected chi connectivity index (χ4v) is 3.80. The molecule has 2 aromatic rings. The second-order valence-corrected chi connectivity index (χ2v) is 6.64. The summed E-state index contributed by atoms with van der Waals surface area (Å²) in [6.07, 6.45) is 1.77. The first kappa shape index (κ1) is 16.1. The SMILES string of the molecule is CCN1CC(NC(=O)c2ccc(-c3ccccn3)s2)CN1CC. The number of hydrogen-bond donors (Lipinski definition) is 1. The monoisotopic (exact) mass is 330 g/mol. The summed E-state index contributed by atoms with van der Waals surface area (Å²) >= 11 is 1.49. The molecule has 0 spiro atoms. The minimum atomic E-state index is 0.0104. The molecular formula is C17H22N4OS. The van der Waals surface area contributed by atoms with Crippen molar-refractivity contribution in [2.75, 3.05) is 26.2 Å². The smallest absolute Gasteiger partial charge is 0.261 e. The van der Waals surface area contributed by atoms with E-state index in [2.05, 4.69) is 34.2 Å². The van der Waals surface area contributed by atoms with E-state index in [1.807, 2.05) is 30.3 Å². The molecule has 0 unspecified atom stereocenters. The number of amides is 1. The van der Waals surface area contributed by atoms with Gasteiger partial charge in [-0.2, -0.15) is 0 Å². The largest absolute Gasteiger partial charge is 0.346 e. The van der Waals surface area contributed by atoms with Gasteiger partial charge in [0.25, 0.3) is 5.91 Å². The van der Waals surface area contributed by atoms with E-state index in [9.17, 15) is 4.79 Å². The molecule has 3 heterocycles. The molecule has 1 fully saturated rings. The molecule has 2 aromatic heterocycles. The molecule has 1 saturated heterocycles. The number of likely N-dealkylation sites (N-methyl/N-ethyl adjacent to an activating group) is 2. The van der Waals surface area contributed by atoms with Gasteiger partial charge in [-0.15, -0.1) is 11.3 Å². The minimum Gasteiger partial charge on any atom is -0.346 e. The van der Waals surface area contributed by atoms with Crippen LogP contribution in [0.3, 0.4) is 0 Å². The summed E-state index contributed by atoms with van der Waals surface area (Å²) in [5.41, 5.74) is 0.909. The predicted octanol–water partition coefficient (Wildman–Crippen LogP) is 2.48. The van der Waals surface area contributed by atoms with Crippen LogP contribution in [0.25, 0.3) is 10.6 Å². The van der Waals surface area contributed by atoms with Gasteiger partial charge in [-0.3, -0.25) is 9.78 Å². The number of aromatic nitrogens is 1. The van der Waals surface area contributed by atoms with Crippen LogP contribution >= 0.6 is 11.3 Å². The maximum atomic E-state index is 12.5. The zero-order valence-corrected chi connectivity index (χ0v) is 14.3. The van der Waals surface area contributed by atoms with E-state index in [0.29, 0.717) is 0 Å². The summed E-state index contributed by atoms with van der Waals surface area (Å²) in [4.78, 5) is 18.6. The zero-order chi connectivity index (χ0) is 16.2. The van der Waals surface area contributed by atoms with Crippen molar-refractivity contribution in [1.82, 2.24) is 20.3 Å². The number of carbonyl (C=O) groups excluding carboxylic acids is 1. The van der Waals surface area contributed by atoms with Gasteiger partial charge >= 0.3 is 0 Å². The quantitative estimate of drug-likeness (QED) is 0.915. The van der Waals surface area contributed by atoms with Crippen molar-refractivity contribution in [3.05, 3.63) is 41.4 Å². The zero-order valence-electron chi connectivity index (χ0n) is 13.5. The molecule has 1 amide bonds. The van der Waals surface area contributed by atoms with Crippen LogP contribution in [-0.2, 0) is 0 Å². The first-order chi connectivity index (χ1) is 11.2. The lowest BCUT2D eigenvalue weighted by molar-refractivity contribution is 0.0388. The molecule has 3 rings (SSSR count). The van der Waals surface area contributed by atoms with Crippen LogP contribution in [0.2, 0.25) is 0 Å². The highest BCUT2D eigenvalue weighted by molar-refractivity contribution is 7.17. The fraction of sp³-hybridized carbons (Fsp3) is 0.412. The number of pyridine rings is 1. The summed E-state index contributed by atoms with van der Waals surface area (Å²) in [6, 6.07) is 9.84. The molecule has 0 bridgehead atoms. The van der Waals surface area contributed by atoms with Crippen LogP contribution in [0, 0.1) is 0 Å². The first-order valence-electron chi connectivity index (χ1n) is 8.03. The van der Waals surface area contributed by atoms with Crippen LogP contribution in [-0.4, -0.2) is 53.1 Å². The summed E-state index contributed by atoms with van der Waals surface area (Å²) in [7, 11) is 0. The fourth-order valence-electron chi connectivity index (χ4n) is 2.91. The van der Waals surface area contributed by atoms with E-state index in [1.165, 1.54) is 11.3 Å². The Bertz CT molecular complexity index is 646. The highest BCUT2D eigenvalue weighted by atomic mass is 32.1. The molecule has 1 aliphatic rings. The number of nitrogens with zero attached hydrogens (tertiary/aromatic N) is 3. The standard InChI is InChI=1S/C17H22N4OS/c1-3-20-11-13(12-21(20)4-2)19-17(22)16-9-8-15(23-16)14-7-5-6-10-18-14/h5-10,13H,3-4,11-12H2,1-2H3,(H,19,22). The molecule has 0 radical (unpaired) electrons. The third-order valence-electron chi connectivity index (χ3n) is 4.07. The van der Waals surface area contributed by atoms with Crippen molar-refractivity contribution in [3.8, 4) is 10.6 Å². The number of carbonyl (C=O) groups is 1. The van der Waals surface area contributed by atoms with Crippen molar-refractivity contribution >= 4 is 17.2 Å². The Hall–Kier alpha value is -1.76. The number of thiophene rings is 1. The van der Waals surface area contributed by atoms with Gasteiger partial charge in [-0.1, -0.05) is 19.9 Å². The Morgan fingerprint density at radius 3 is 2.57 bits per heavy atom. The average Bonchev–Trinajstić information content (AvgIpc) is 3.22. The summed E-state index contributed by atoms with van der Waals surface area (Å²) in [5, 5.41) is 7.74. The summed E-state index contributed by atoms with van der Waals surface area (Å²) in [6.45, 7) is 8.01. The topological polar surface area (TPSA) is 48.5 Å². The van der Waals surface area contributed by atoms with Gasteiger partial charge in [0.15, 0.2) is 0 Å². The van der Waals surface area contributed by atoms with E-state index in [1.54, 1.807) is 6.20 Å². The second kappa shape index (κ2) is 7.21. The molecule has 0 atom stereocenters. The Morgan fingerprint density at radius 2 is 1.96 bits per heavy atom. The van der Waals surface area contributed by atoms with Gasteiger partial charge in [0.05, 0.1) is 21.5 Å². The third kappa shape index (κ3) is 3.60. The van der Waals surface area contributed by atoms with E-state index < -0.39 is 0 Å². The van der Waals surface area contributed by atoms with Crippen molar-refractivity contribution in [3.63, 3.8) is 0 Å². The average molecular weight is 330 g/mol. The molecule has 5 nitrogen and oxygen atoms in total. The highest BCUT2D eigenvalue weighted by Crippen LogP contribution is 2.26. The van der Waals surface area contributed by atoms with E-state index in [-0.39, 0.29) is 11.9 Å². The first-order valence-corrected chi connectivity index (χ1v) is 8.84. The predicted molar refractivity (Wildman–Crippen MR) is 93.3 cm³/mol. The molecule has 0 saturated carbocycles. The van der Waals surface area contributed by atoms with Crippen molar-refractivity contribution in [2.45, 2.75) is 19.9 Å². The minimum absolute atomic E-state index is 0.0104. The molecule has 1 N–H and O–H groups in total. The van der Waals surface area contributed by atoms with Crippen LogP contribution in [0.4, 0.5) is 0 Å². The van der Waals surface area contributed by atoms with Crippen molar-refractivity contribution in [1.29, 1.82) is 0 Å². The van der Waals surface area contributed by atoms with Crippen LogP contribution < -0.4 is 5.32 Å². The number of nitrogens with one attached hydrogen (secondary N) is 1. The van der Waals surface area contributed by atoms with E-state index in [0.717, 1.165) is 41.6 Å². The molecule has 6 heteroatoms. The Kier molecular flexibility index (Phi) is 5.05. The van der Waals surface area contributed by atoms with Gasteiger partial charge in [-0.05, 0) is 24.3 Å². The van der Waals surface area contributed by atoms with Gasteiger partial charge in [0, 0.05) is 32.4 Å². The van der Waals surface area contributed by atoms with Crippen LogP contribution in [0.1, 0.15) is 23.5 Å².